The maximum absolute atomic E-state index is 10.6. The van der Waals surface area contributed by atoms with Crippen LogP contribution in [0.1, 0.15) is 11.3 Å². The smallest absolute Gasteiger partial charge is 0.313 e. The van der Waals surface area contributed by atoms with Gasteiger partial charge in [0.1, 0.15) is 0 Å². The van der Waals surface area contributed by atoms with Gasteiger partial charge in [-0.25, -0.2) is 4.98 Å². The van der Waals surface area contributed by atoms with E-state index in [1.165, 1.54) is 11.8 Å². The number of carboxylic acids is 1. The number of pyridine rings is 1. The van der Waals surface area contributed by atoms with E-state index >= 15 is 0 Å². The van der Waals surface area contributed by atoms with Gasteiger partial charge < -0.3 is 9.67 Å². The molecule has 0 aliphatic rings. The SMILES string of the molecule is Cc1cn(Cc2cccnc2)c(SCC(=O)O)n1. The molecule has 0 fully saturated rings. The lowest BCUT2D eigenvalue weighted by Gasteiger charge is -2.05. The summed E-state index contributed by atoms with van der Waals surface area (Å²) in [5, 5.41) is 9.42. The van der Waals surface area contributed by atoms with Gasteiger partial charge in [-0.05, 0) is 18.6 Å². The molecule has 0 atom stereocenters. The van der Waals surface area contributed by atoms with Gasteiger partial charge in [0, 0.05) is 18.6 Å². The number of aliphatic carboxylic acids is 1. The van der Waals surface area contributed by atoms with Crippen LogP contribution >= 0.6 is 11.8 Å². The molecule has 94 valence electrons. The summed E-state index contributed by atoms with van der Waals surface area (Å²) in [6.07, 6.45) is 5.43. The minimum Gasteiger partial charge on any atom is -0.481 e. The monoisotopic (exact) mass is 263 g/mol. The quantitative estimate of drug-likeness (QED) is 0.833. The number of rotatable bonds is 5. The molecule has 5 nitrogen and oxygen atoms in total. The van der Waals surface area contributed by atoms with E-state index < -0.39 is 5.97 Å². The number of carbonyl (C=O) groups is 1. The summed E-state index contributed by atoms with van der Waals surface area (Å²) in [5.41, 5.74) is 1.94. The normalized spacial score (nSPS) is 10.5. The fourth-order valence-corrected chi connectivity index (χ4v) is 2.31. The number of imidazole rings is 1. The van der Waals surface area contributed by atoms with Crippen LogP contribution in [-0.4, -0.2) is 31.4 Å². The topological polar surface area (TPSA) is 68.0 Å². The maximum Gasteiger partial charge on any atom is 0.313 e. The summed E-state index contributed by atoms with van der Waals surface area (Å²) < 4.78 is 1.94. The van der Waals surface area contributed by atoms with E-state index in [2.05, 4.69) is 9.97 Å². The molecule has 2 aromatic heterocycles. The first kappa shape index (κ1) is 12.6. The van der Waals surface area contributed by atoms with Gasteiger partial charge in [-0.3, -0.25) is 9.78 Å². The highest BCUT2D eigenvalue weighted by atomic mass is 32.2. The third-order valence-electron chi connectivity index (χ3n) is 2.26. The summed E-state index contributed by atoms with van der Waals surface area (Å²) in [6.45, 7) is 2.54. The third kappa shape index (κ3) is 3.33. The lowest BCUT2D eigenvalue weighted by Crippen LogP contribution is -2.03. The molecule has 0 radical (unpaired) electrons. The molecule has 0 aromatic carbocycles. The van der Waals surface area contributed by atoms with E-state index in [1.54, 1.807) is 12.4 Å². The fourth-order valence-electron chi connectivity index (χ4n) is 1.57. The first-order valence-electron chi connectivity index (χ1n) is 5.42. The van der Waals surface area contributed by atoms with Gasteiger partial charge in [0.15, 0.2) is 5.16 Å². The number of carboxylic acid groups (broad SMARTS) is 1. The summed E-state index contributed by atoms with van der Waals surface area (Å²) in [6, 6.07) is 3.86. The van der Waals surface area contributed by atoms with Crippen molar-refractivity contribution in [2.75, 3.05) is 5.75 Å². The lowest BCUT2D eigenvalue weighted by molar-refractivity contribution is -0.133. The molecule has 0 unspecified atom stereocenters. The van der Waals surface area contributed by atoms with Crippen LogP contribution in [0, 0.1) is 6.92 Å². The Morgan fingerprint density at radius 3 is 3.06 bits per heavy atom. The molecular weight excluding hydrogens is 250 g/mol. The minimum absolute atomic E-state index is 0.0174. The van der Waals surface area contributed by atoms with Crippen molar-refractivity contribution in [3.63, 3.8) is 0 Å². The molecule has 6 heteroatoms. The fraction of sp³-hybridized carbons (Fsp3) is 0.250. The number of nitrogens with zero attached hydrogens (tertiary/aromatic N) is 3. The van der Waals surface area contributed by atoms with Crippen LogP contribution in [0.5, 0.6) is 0 Å². The van der Waals surface area contributed by atoms with Gasteiger partial charge in [-0.1, -0.05) is 17.8 Å². The molecule has 18 heavy (non-hydrogen) atoms. The van der Waals surface area contributed by atoms with Gasteiger partial charge in [-0.15, -0.1) is 0 Å². The van der Waals surface area contributed by atoms with Crippen LogP contribution < -0.4 is 0 Å². The van der Waals surface area contributed by atoms with E-state index in [0.717, 1.165) is 16.4 Å². The van der Waals surface area contributed by atoms with Crippen LogP contribution in [0.3, 0.4) is 0 Å². The predicted octanol–water partition coefficient (Wildman–Crippen LogP) is 1.81. The number of hydrogen-bond donors (Lipinski definition) is 1. The molecule has 0 amide bonds. The Morgan fingerprint density at radius 1 is 1.56 bits per heavy atom. The maximum atomic E-state index is 10.6. The number of hydrogen-bond acceptors (Lipinski definition) is 4. The van der Waals surface area contributed by atoms with E-state index in [9.17, 15) is 4.79 Å². The van der Waals surface area contributed by atoms with Gasteiger partial charge in [0.25, 0.3) is 0 Å². The van der Waals surface area contributed by atoms with Crippen LogP contribution in [-0.2, 0) is 11.3 Å². The van der Waals surface area contributed by atoms with Crippen molar-refractivity contribution in [3.05, 3.63) is 42.0 Å². The lowest BCUT2D eigenvalue weighted by atomic mass is 10.3. The Kier molecular flexibility index (Phi) is 3.99. The van der Waals surface area contributed by atoms with Crippen molar-refractivity contribution in [1.29, 1.82) is 0 Å². The highest BCUT2D eigenvalue weighted by Gasteiger charge is 2.09. The Balaban J connectivity index is 2.14. The van der Waals surface area contributed by atoms with Crippen molar-refractivity contribution in [2.45, 2.75) is 18.6 Å². The highest BCUT2D eigenvalue weighted by Crippen LogP contribution is 2.18. The summed E-state index contributed by atoms with van der Waals surface area (Å²) in [7, 11) is 0. The number of aryl methyl sites for hydroxylation is 1. The first-order valence-corrected chi connectivity index (χ1v) is 6.41. The molecule has 2 heterocycles. The predicted molar refractivity (Wildman–Crippen MR) is 68.7 cm³/mol. The van der Waals surface area contributed by atoms with E-state index in [0.29, 0.717) is 6.54 Å². The molecule has 0 saturated heterocycles. The third-order valence-corrected chi connectivity index (χ3v) is 3.24. The Hall–Kier alpha value is -1.82. The molecule has 2 rings (SSSR count). The largest absolute Gasteiger partial charge is 0.481 e. The average Bonchev–Trinajstić information content (AvgIpc) is 2.68. The second-order valence-electron chi connectivity index (χ2n) is 3.84. The van der Waals surface area contributed by atoms with Gasteiger partial charge in [0.05, 0.1) is 18.0 Å². The number of aromatic nitrogens is 3. The van der Waals surface area contributed by atoms with E-state index in [-0.39, 0.29) is 5.75 Å². The average molecular weight is 263 g/mol. The summed E-state index contributed by atoms with van der Waals surface area (Å²) in [5.74, 6) is -0.822. The highest BCUT2D eigenvalue weighted by molar-refractivity contribution is 7.99. The molecule has 0 bridgehead atoms. The molecule has 1 N–H and O–H groups in total. The van der Waals surface area contributed by atoms with Gasteiger partial charge in [-0.2, -0.15) is 0 Å². The zero-order valence-corrected chi connectivity index (χ0v) is 10.7. The summed E-state index contributed by atoms with van der Waals surface area (Å²) >= 11 is 1.23. The van der Waals surface area contributed by atoms with E-state index in [1.807, 2.05) is 29.8 Å². The van der Waals surface area contributed by atoms with Crippen molar-refractivity contribution < 1.29 is 9.90 Å². The van der Waals surface area contributed by atoms with Crippen LogP contribution in [0.2, 0.25) is 0 Å². The Morgan fingerprint density at radius 2 is 2.39 bits per heavy atom. The molecule has 0 aliphatic carbocycles. The Labute approximate surface area is 109 Å². The zero-order chi connectivity index (χ0) is 13.0. The first-order chi connectivity index (χ1) is 8.65. The zero-order valence-electron chi connectivity index (χ0n) is 9.91. The van der Waals surface area contributed by atoms with Crippen molar-refractivity contribution in [3.8, 4) is 0 Å². The van der Waals surface area contributed by atoms with Gasteiger partial charge in [0.2, 0.25) is 0 Å². The Bertz CT molecular complexity index is 540. The summed E-state index contributed by atoms with van der Waals surface area (Å²) in [4.78, 5) is 19.0. The minimum atomic E-state index is -0.839. The molecular formula is C12H13N3O2S. The van der Waals surface area contributed by atoms with Crippen molar-refractivity contribution >= 4 is 17.7 Å². The van der Waals surface area contributed by atoms with Crippen molar-refractivity contribution in [2.24, 2.45) is 0 Å². The van der Waals surface area contributed by atoms with E-state index in [4.69, 9.17) is 5.11 Å². The molecule has 0 saturated carbocycles. The van der Waals surface area contributed by atoms with Crippen LogP contribution in [0.25, 0.3) is 0 Å². The van der Waals surface area contributed by atoms with Crippen LogP contribution in [0.15, 0.2) is 35.9 Å². The second kappa shape index (κ2) is 5.68. The molecule has 0 aliphatic heterocycles. The standard InChI is InChI=1S/C12H13N3O2S/c1-9-6-15(7-10-3-2-4-13-5-10)12(14-9)18-8-11(16)17/h2-6H,7-8H2,1H3,(H,16,17). The molecule has 2 aromatic rings. The second-order valence-corrected chi connectivity index (χ2v) is 4.78. The van der Waals surface area contributed by atoms with Crippen molar-refractivity contribution in [1.82, 2.24) is 14.5 Å². The number of thioether (sulfide) groups is 1. The van der Waals surface area contributed by atoms with Gasteiger partial charge >= 0.3 is 5.97 Å². The van der Waals surface area contributed by atoms with Crippen LogP contribution in [0.4, 0.5) is 0 Å². The molecule has 0 spiro atoms.